The van der Waals surface area contributed by atoms with Crippen LogP contribution in [-0.2, 0) is 15.7 Å². The number of rotatable bonds is 12. The van der Waals surface area contributed by atoms with E-state index in [0.29, 0.717) is 98.6 Å². The Kier molecular flexibility index (Phi) is 11.2. The summed E-state index contributed by atoms with van der Waals surface area (Å²) in [7, 11) is 3.56. The van der Waals surface area contributed by atoms with Gasteiger partial charge in [0.05, 0.1) is 41.6 Å². The summed E-state index contributed by atoms with van der Waals surface area (Å²) in [5, 5.41) is 10.8. The quantitative estimate of drug-likeness (QED) is 0.211. The summed E-state index contributed by atoms with van der Waals surface area (Å²) in [6.07, 6.45) is 1.64. The maximum absolute atomic E-state index is 14.1. The van der Waals surface area contributed by atoms with Gasteiger partial charge in [-0.25, -0.2) is 19.9 Å². The molecule has 12 nitrogen and oxygen atoms in total. The van der Waals surface area contributed by atoms with Crippen LogP contribution in [-0.4, -0.2) is 101 Å². The summed E-state index contributed by atoms with van der Waals surface area (Å²) in [6.45, 7) is 8.46. The van der Waals surface area contributed by atoms with Crippen LogP contribution in [0, 0.1) is 5.41 Å². The third-order valence-corrected chi connectivity index (χ3v) is 8.75. The summed E-state index contributed by atoms with van der Waals surface area (Å²) >= 11 is 0. The second-order valence-corrected chi connectivity index (χ2v) is 13.4. The fourth-order valence-corrected chi connectivity index (χ4v) is 6.29. The first-order chi connectivity index (χ1) is 22.8. The number of pyridine rings is 2. The number of carbonyl (C=O) groups is 1. The van der Waals surface area contributed by atoms with Crippen LogP contribution in [0.25, 0.3) is 33.9 Å². The number of carboxylic acids is 1. The Hall–Kier alpha value is -3.37. The molecule has 4 aromatic heterocycles. The summed E-state index contributed by atoms with van der Waals surface area (Å²) in [6, 6.07) is 2.91. The van der Waals surface area contributed by atoms with Crippen molar-refractivity contribution >= 4 is 28.6 Å². The van der Waals surface area contributed by atoms with E-state index in [1.54, 1.807) is 25.6 Å². The van der Waals surface area contributed by atoms with E-state index in [1.165, 1.54) is 6.20 Å². The monoisotopic (exact) mass is 689 g/mol. The second kappa shape index (κ2) is 14.9. The topological polar surface area (TPSA) is 139 Å². The second-order valence-electron chi connectivity index (χ2n) is 13.4. The van der Waals surface area contributed by atoms with Crippen LogP contribution >= 0.6 is 0 Å². The molecule has 0 unspecified atom stereocenters. The summed E-state index contributed by atoms with van der Waals surface area (Å²) in [4.78, 5) is 43.3. The number of H-pyrrole nitrogens is 1. The maximum Gasteiger partial charge on any atom is 1.00 e. The zero-order valence-corrected chi connectivity index (χ0v) is 30.5. The van der Waals surface area contributed by atoms with E-state index >= 15 is 0 Å². The minimum atomic E-state index is -4.54. The molecule has 16 heteroatoms. The number of alkyl halides is 3. The van der Waals surface area contributed by atoms with E-state index in [-0.39, 0.29) is 58.6 Å². The Morgan fingerprint density at radius 2 is 1.78 bits per heavy atom. The molecule has 0 amide bonds. The van der Waals surface area contributed by atoms with Crippen LogP contribution < -0.4 is 44.5 Å². The molecule has 0 spiro atoms. The number of anilines is 2. The zero-order valence-electron chi connectivity index (χ0n) is 28.5. The van der Waals surface area contributed by atoms with Crippen molar-refractivity contribution in [1.82, 2.24) is 34.8 Å². The third-order valence-electron chi connectivity index (χ3n) is 8.75. The molecule has 6 rings (SSSR count). The number of carboxylic acid groups (broad SMARTS) is 1. The minimum Gasteiger partial charge on any atom is -0.550 e. The molecule has 1 aliphatic heterocycles. The predicted octanol–water partition coefficient (Wildman–Crippen LogP) is 0.748. The van der Waals surface area contributed by atoms with Crippen LogP contribution in [0.1, 0.15) is 50.3 Å². The Balaban J connectivity index is 0.00000468. The average Bonchev–Trinajstić information content (AvgIpc) is 3.80. The molecule has 49 heavy (non-hydrogen) atoms. The van der Waals surface area contributed by atoms with Crippen molar-refractivity contribution in [2.45, 2.75) is 45.2 Å². The van der Waals surface area contributed by atoms with Crippen molar-refractivity contribution in [2.24, 2.45) is 5.41 Å². The summed E-state index contributed by atoms with van der Waals surface area (Å²) < 4.78 is 47.8. The van der Waals surface area contributed by atoms with Gasteiger partial charge in [-0.2, -0.15) is 13.2 Å². The molecule has 0 atom stereocenters. The zero-order chi connectivity index (χ0) is 34.2. The number of carbonyl (C=O) groups excluding carboxylic acids is 1. The first-order valence-electron chi connectivity index (χ1n) is 16.0. The van der Waals surface area contributed by atoms with Gasteiger partial charge in [0.15, 0.2) is 11.5 Å². The van der Waals surface area contributed by atoms with Gasteiger partial charge in [-0.15, -0.1) is 0 Å². The molecule has 1 N–H and O–H groups in total. The van der Waals surface area contributed by atoms with E-state index in [1.807, 2.05) is 11.9 Å². The number of hydrogen-bond donors (Lipinski definition) is 1. The van der Waals surface area contributed by atoms with Crippen molar-refractivity contribution in [2.75, 3.05) is 69.8 Å². The number of halogens is 3. The summed E-state index contributed by atoms with van der Waals surface area (Å²) in [5.41, 5.74) is 1.84. The fraction of sp³-hybridized carbons (Fsp3) is 0.515. The third kappa shape index (κ3) is 8.69. The molecule has 1 aliphatic carbocycles. The van der Waals surface area contributed by atoms with Crippen molar-refractivity contribution in [1.29, 1.82) is 0 Å². The van der Waals surface area contributed by atoms with Crippen LogP contribution in [0.2, 0.25) is 0 Å². The molecule has 2 aliphatic rings. The first kappa shape index (κ1) is 36.9. The van der Waals surface area contributed by atoms with E-state index in [9.17, 15) is 23.1 Å². The van der Waals surface area contributed by atoms with Gasteiger partial charge < -0.3 is 29.4 Å². The van der Waals surface area contributed by atoms with Crippen molar-refractivity contribution < 1.29 is 57.4 Å². The molecule has 1 saturated heterocycles. The van der Waals surface area contributed by atoms with Crippen molar-refractivity contribution in [3.05, 3.63) is 42.0 Å². The van der Waals surface area contributed by atoms with Crippen molar-refractivity contribution in [3.63, 3.8) is 0 Å². The van der Waals surface area contributed by atoms with Gasteiger partial charge in [-0.1, -0.05) is 13.8 Å². The van der Waals surface area contributed by atoms with Gasteiger partial charge in [-0.05, 0) is 31.4 Å². The molecule has 1 saturated carbocycles. The Bertz CT molecular complexity index is 1770. The van der Waals surface area contributed by atoms with Gasteiger partial charge in [0.1, 0.15) is 17.0 Å². The Morgan fingerprint density at radius 1 is 1.04 bits per heavy atom. The number of aliphatic carboxylic acids is 1. The SMILES string of the molecule is COCC(C)(C)CN(C)c1cc(-c2cnc(C3CC3)c(C(F)(F)F)c2)nc2nc(-c3cnc(N4CCN(CCC(=O)[O-])CC4)cn3)[nH]c12.[Na+]. The number of nitrogens with zero attached hydrogens (tertiary/aromatic N) is 8. The number of ether oxygens (including phenoxy) is 1. The normalized spacial score (nSPS) is 15.8. The molecule has 0 bridgehead atoms. The van der Waals surface area contributed by atoms with Gasteiger partial charge in [0, 0.05) is 82.5 Å². The van der Waals surface area contributed by atoms with Crippen molar-refractivity contribution in [3.8, 4) is 22.8 Å². The fourth-order valence-electron chi connectivity index (χ4n) is 6.29. The van der Waals surface area contributed by atoms with Gasteiger partial charge in [0.2, 0.25) is 0 Å². The molecule has 256 valence electrons. The number of imidazole rings is 1. The van der Waals surface area contributed by atoms with E-state index in [2.05, 4.69) is 43.6 Å². The average molecular weight is 690 g/mol. The van der Waals surface area contributed by atoms with Gasteiger partial charge in [0.25, 0.3) is 0 Å². The van der Waals surface area contributed by atoms with Crippen LogP contribution in [0.3, 0.4) is 0 Å². The number of methoxy groups -OCH3 is 1. The largest absolute Gasteiger partial charge is 1.00 e. The molecule has 5 heterocycles. The number of aromatic amines is 1. The first-order valence-corrected chi connectivity index (χ1v) is 16.0. The number of piperazine rings is 1. The Morgan fingerprint density at radius 3 is 2.39 bits per heavy atom. The number of fused-ring (bicyclic) bond motifs is 1. The number of hydrogen-bond acceptors (Lipinski definition) is 11. The molecule has 2 fully saturated rings. The van der Waals surface area contributed by atoms with E-state index in [4.69, 9.17) is 14.7 Å². The molecule has 4 aromatic rings. The standard InChI is InChI=1S/C33H40F3N9O3.Na/c1-32(2,19-48-4)18-43(3)25-14-23(21-13-22(33(34,35)36)28(39-15-21)20-5-6-20)40-31-29(25)41-30(42-31)24-16-38-26(17-37-24)45-11-9-44(10-12-45)8-7-27(46)47;/h13-17,20H,5-12,18-19H2,1-4H3,(H,46,47)(H,40,41,42);/q;+1/p-1. The van der Waals surface area contributed by atoms with E-state index < -0.39 is 17.7 Å². The van der Waals surface area contributed by atoms with Crippen LogP contribution in [0.5, 0.6) is 0 Å². The van der Waals surface area contributed by atoms with Crippen LogP contribution in [0.15, 0.2) is 30.7 Å². The smallest absolute Gasteiger partial charge is 0.550 e. The summed E-state index contributed by atoms with van der Waals surface area (Å²) in [5.74, 6) is -0.105. The van der Waals surface area contributed by atoms with E-state index in [0.717, 1.165) is 6.07 Å². The molecular weight excluding hydrogens is 650 g/mol. The van der Waals surface area contributed by atoms with Gasteiger partial charge in [-0.3, -0.25) is 9.88 Å². The number of aromatic nitrogens is 6. The van der Waals surface area contributed by atoms with Gasteiger partial charge >= 0.3 is 35.7 Å². The molecule has 0 aromatic carbocycles. The van der Waals surface area contributed by atoms with Crippen LogP contribution in [0.4, 0.5) is 24.7 Å². The minimum absolute atomic E-state index is 0. The maximum atomic E-state index is 14.1. The predicted molar refractivity (Wildman–Crippen MR) is 172 cm³/mol. The Labute approximate surface area is 304 Å². The molecule has 0 radical (unpaired) electrons. The molecular formula is C33H39F3N9NaO3. The number of nitrogens with one attached hydrogen (secondary N) is 1.